The lowest BCUT2D eigenvalue weighted by atomic mass is 10.0. The van der Waals surface area contributed by atoms with Gasteiger partial charge in [-0.2, -0.15) is 0 Å². The van der Waals surface area contributed by atoms with E-state index in [1.165, 1.54) is 0 Å². The van der Waals surface area contributed by atoms with Crippen LogP contribution >= 0.6 is 0 Å². The Morgan fingerprint density at radius 3 is 2.65 bits per heavy atom. The van der Waals surface area contributed by atoms with Gasteiger partial charge >= 0.3 is 0 Å². The Morgan fingerprint density at radius 1 is 1.40 bits per heavy atom. The highest BCUT2D eigenvalue weighted by Gasteiger charge is 2.16. The lowest BCUT2D eigenvalue weighted by molar-refractivity contribution is -0.117. The minimum Gasteiger partial charge on any atom is -0.496 e. The summed E-state index contributed by atoms with van der Waals surface area (Å²) in [4.78, 5) is 17.9. The lowest BCUT2D eigenvalue weighted by Gasteiger charge is -2.19. The van der Waals surface area contributed by atoms with E-state index in [1.807, 2.05) is 44.1 Å². The number of nitrogens with two attached hydrogens (primary N) is 1. The predicted octanol–water partition coefficient (Wildman–Crippen LogP) is 1.65. The summed E-state index contributed by atoms with van der Waals surface area (Å²) in [5.41, 5.74) is 8.92. The maximum atomic E-state index is 11.4. The second-order valence-electron chi connectivity index (χ2n) is 4.96. The Bertz CT molecular complexity index is 666. The summed E-state index contributed by atoms with van der Waals surface area (Å²) < 4.78 is 5.37. The number of methoxy groups -OCH3 is 1. The van der Waals surface area contributed by atoms with Crippen molar-refractivity contribution in [3.05, 3.63) is 29.5 Å². The van der Waals surface area contributed by atoms with Gasteiger partial charge < -0.3 is 15.4 Å². The van der Waals surface area contributed by atoms with Gasteiger partial charge in [-0.1, -0.05) is 0 Å². The fraction of sp³-hybridized carbons (Fsp3) is 0.333. The molecule has 106 valence electrons. The highest BCUT2D eigenvalue weighted by atomic mass is 16.5. The number of aromatic nitrogens is 1. The summed E-state index contributed by atoms with van der Waals surface area (Å²) in [5.74, 6) is 0.270. The SMILES string of the molecule is COc1ccc2nc(C)cc(N(C)C)c2c1CC(N)=O. The molecule has 0 unspecified atom stereocenters. The quantitative estimate of drug-likeness (QED) is 0.919. The molecule has 1 amide bonds. The van der Waals surface area contributed by atoms with Gasteiger partial charge in [-0.15, -0.1) is 0 Å². The summed E-state index contributed by atoms with van der Waals surface area (Å²) in [5, 5.41) is 0.916. The molecule has 0 aliphatic rings. The van der Waals surface area contributed by atoms with Gasteiger partial charge in [0.15, 0.2) is 0 Å². The highest BCUT2D eigenvalue weighted by Crippen LogP contribution is 2.34. The number of pyridine rings is 1. The van der Waals surface area contributed by atoms with E-state index in [0.717, 1.165) is 27.8 Å². The molecule has 20 heavy (non-hydrogen) atoms. The van der Waals surface area contributed by atoms with Crippen LogP contribution < -0.4 is 15.4 Å². The first kappa shape index (κ1) is 14.1. The topological polar surface area (TPSA) is 68.4 Å². The number of benzene rings is 1. The number of ether oxygens (including phenoxy) is 1. The third kappa shape index (κ3) is 2.52. The van der Waals surface area contributed by atoms with Crippen molar-refractivity contribution < 1.29 is 9.53 Å². The Morgan fingerprint density at radius 2 is 2.10 bits per heavy atom. The highest BCUT2D eigenvalue weighted by molar-refractivity contribution is 5.98. The van der Waals surface area contributed by atoms with Crippen molar-refractivity contribution in [1.29, 1.82) is 0 Å². The van der Waals surface area contributed by atoms with Crippen LogP contribution in [-0.4, -0.2) is 32.1 Å². The average Bonchev–Trinajstić information content (AvgIpc) is 2.37. The summed E-state index contributed by atoms with van der Waals surface area (Å²) in [6, 6.07) is 5.72. The first-order chi connectivity index (χ1) is 9.43. The summed E-state index contributed by atoms with van der Waals surface area (Å²) in [7, 11) is 5.51. The van der Waals surface area contributed by atoms with Gasteiger partial charge in [-0.05, 0) is 25.1 Å². The van der Waals surface area contributed by atoms with Crippen LogP contribution in [0.4, 0.5) is 5.69 Å². The molecule has 5 nitrogen and oxygen atoms in total. The lowest BCUT2D eigenvalue weighted by Crippen LogP contribution is -2.16. The Kier molecular flexibility index (Phi) is 3.79. The second kappa shape index (κ2) is 5.36. The monoisotopic (exact) mass is 273 g/mol. The smallest absolute Gasteiger partial charge is 0.222 e. The van der Waals surface area contributed by atoms with Crippen LogP contribution in [0.3, 0.4) is 0 Å². The molecule has 1 heterocycles. The number of rotatable bonds is 4. The average molecular weight is 273 g/mol. The van der Waals surface area contributed by atoms with Gasteiger partial charge in [0.2, 0.25) is 5.91 Å². The van der Waals surface area contributed by atoms with E-state index in [1.54, 1.807) is 7.11 Å². The first-order valence-electron chi connectivity index (χ1n) is 6.37. The Balaban J connectivity index is 2.86. The van der Waals surface area contributed by atoms with E-state index in [-0.39, 0.29) is 12.3 Å². The van der Waals surface area contributed by atoms with Crippen LogP contribution in [0.1, 0.15) is 11.3 Å². The molecule has 2 N–H and O–H groups in total. The van der Waals surface area contributed by atoms with E-state index in [0.29, 0.717) is 5.75 Å². The largest absolute Gasteiger partial charge is 0.496 e. The van der Waals surface area contributed by atoms with Crippen LogP contribution in [0.25, 0.3) is 10.9 Å². The molecule has 2 rings (SSSR count). The van der Waals surface area contributed by atoms with Gasteiger partial charge in [0.1, 0.15) is 5.75 Å². The third-order valence-corrected chi connectivity index (χ3v) is 3.20. The number of nitrogens with zero attached hydrogens (tertiary/aromatic N) is 2. The van der Waals surface area contributed by atoms with Crippen molar-refractivity contribution in [3.8, 4) is 5.75 Å². The molecular formula is C15H19N3O2. The fourth-order valence-corrected chi connectivity index (χ4v) is 2.38. The van der Waals surface area contributed by atoms with Gasteiger partial charge in [-0.3, -0.25) is 9.78 Å². The van der Waals surface area contributed by atoms with E-state index >= 15 is 0 Å². The van der Waals surface area contributed by atoms with E-state index in [9.17, 15) is 4.79 Å². The van der Waals surface area contributed by atoms with Crippen molar-refractivity contribution in [2.24, 2.45) is 5.73 Å². The Labute approximate surface area is 118 Å². The number of hydrogen-bond donors (Lipinski definition) is 1. The maximum absolute atomic E-state index is 11.4. The van der Waals surface area contributed by atoms with Crippen LogP contribution in [0, 0.1) is 6.92 Å². The molecule has 0 spiro atoms. The standard InChI is InChI=1S/C15H19N3O2/c1-9-7-12(18(2)3)15-10(8-14(16)19)13(20-4)6-5-11(15)17-9/h5-7H,8H2,1-4H3,(H2,16,19). The first-order valence-corrected chi connectivity index (χ1v) is 6.37. The van der Waals surface area contributed by atoms with E-state index in [4.69, 9.17) is 10.5 Å². The molecule has 0 atom stereocenters. The summed E-state index contributed by atoms with van der Waals surface area (Å²) >= 11 is 0. The maximum Gasteiger partial charge on any atom is 0.222 e. The van der Waals surface area contributed by atoms with Crippen LogP contribution in [-0.2, 0) is 11.2 Å². The zero-order valence-electron chi connectivity index (χ0n) is 12.2. The number of hydrogen-bond acceptors (Lipinski definition) is 4. The van der Waals surface area contributed by atoms with Crippen LogP contribution in [0.2, 0.25) is 0 Å². The molecule has 0 aliphatic heterocycles. The molecular weight excluding hydrogens is 254 g/mol. The van der Waals surface area contributed by atoms with Crippen molar-refractivity contribution in [2.75, 3.05) is 26.1 Å². The number of carbonyl (C=O) groups excluding carboxylic acids is 1. The molecule has 0 fully saturated rings. The normalized spacial score (nSPS) is 10.6. The summed E-state index contributed by atoms with van der Waals surface area (Å²) in [6.07, 6.45) is 0.131. The zero-order chi connectivity index (χ0) is 14.9. The number of carbonyl (C=O) groups is 1. The number of anilines is 1. The minimum absolute atomic E-state index is 0.131. The molecule has 1 aromatic carbocycles. The molecule has 0 radical (unpaired) electrons. The van der Waals surface area contributed by atoms with Gasteiger partial charge in [-0.25, -0.2) is 0 Å². The van der Waals surface area contributed by atoms with Crippen LogP contribution in [0.5, 0.6) is 5.75 Å². The van der Waals surface area contributed by atoms with E-state index in [2.05, 4.69) is 4.98 Å². The molecule has 2 aromatic rings. The fourth-order valence-electron chi connectivity index (χ4n) is 2.38. The van der Waals surface area contributed by atoms with Crippen molar-refractivity contribution in [1.82, 2.24) is 4.98 Å². The second-order valence-corrected chi connectivity index (χ2v) is 4.96. The predicted molar refractivity (Wildman–Crippen MR) is 80.3 cm³/mol. The van der Waals surface area contributed by atoms with Gasteiger partial charge in [0, 0.05) is 36.4 Å². The van der Waals surface area contributed by atoms with E-state index < -0.39 is 0 Å². The number of aryl methyl sites for hydroxylation is 1. The van der Waals surface area contributed by atoms with Crippen molar-refractivity contribution >= 4 is 22.5 Å². The minimum atomic E-state index is -0.388. The van der Waals surface area contributed by atoms with Crippen molar-refractivity contribution in [3.63, 3.8) is 0 Å². The van der Waals surface area contributed by atoms with Crippen LogP contribution in [0.15, 0.2) is 18.2 Å². The molecule has 0 saturated carbocycles. The number of amides is 1. The molecule has 5 heteroatoms. The van der Waals surface area contributed by atoms with Crippen molar-refractivity contribution in [2.45, 2.75) is 13.3 Å². The third-order valence-electron chi connectivity index (χ3n) is 3.20. The number of fused-ring (bicyclic) bond motifs is 1. The zero-order valence-corrected chi connectivity index (χ0v) is 12.2. The molecule has 0 saturated heterocycles. The molecule has 1 aromatic heterocycles. The van der Waals surface area contributed by atoms with Gasteiger partial charge in [0.05, 0.1) is 19.0 Å². The van der Waals surface area contributed by atoms with Gasteiger partial charge in [0.25, 0.3) is 0 Å². The summed E-state index contributed by atoms with van der Waals surface area (Å²) in [6.45, 7) is 1.95. The molecule has 0 aliphatic carbocycles. The molecule has 0 bridgehead atoms. The Hall–Kier alpha value is -2.30. The number of primary amides is 1.